The van der Waals surface area contributed by atoms with Crippen LogP contribution in [0.25, 0.3) is 0 Å². The van der Waals surface area contributed by atoms with Gasteiger partial charge in [-0.3, -0.25) is 14.1 Å². The van der Waals surface area contributed by atoms with Gasteiger partial charge in [0.1, 0.15) is 0 Å². The number of hydrogen-bond donors (Lipinski definition) is 3. The second kappa shape index (κ2) is 10.5. The minimum Gasteiger partial charge on any atom is -0.481 e. The number of benzene rings is 1. The van der Waals surface area contributed by atoms with Crippen LogP contribution in [0.3, 0.4) is 0 Å². The van der Waals surface area contributed by atoms with Gasteiger partial charge in [0, 0.05) is 0 Å². The van der Waals surface area contributed by atoms with Crippen molar-refractivity contribution in [2.24, 2.45) is 0 Å². The SMILES string of the molecule is CCCc1cccc[c]1[K].O=C(O)CC(C(=O)O)S(=O)(=O)O. The molecule has 1 aromatic carbocycles. The van der Waals surface area contributed by atoms with Gasteiger partial charge >= 0.3 is 110 Å². The third kappa shape index (κ3) is 8.98. The Hall–Kier alpha value is -0.294. The van der Waals surface area contributed by atoms with Gasteiger partial charge in [-0.05, 0) is 0 Å². The number of rotatable bonds is 6. The average Bonchev–Trinajstić information content (AvgIpc) is 2.38. The van der Waals surface area contributed by atoms with Crippen LogP contribution in [0, 0.1) is 0 Å². The second-order valence-corrected chi connectivity index (χ2v) is 7.90. The Morgan fingerprint density at radius 3 is 2.09 bits per heavy atom. The third-order valence-corrected chi connectivity index (χ3v) is 5.39. The van der Waals surface area contributed by atoms with Crippen molar-refractivity contribution in [3.63, 3.8) is 0 Å². The topological polar surface area (TPSA) is 129 Å². The number of hydrogen-bond acceptors (Lipinski definition) is 4. The van der Waals surface area contributed by atoms with E-state index in [1.54, 1.807) is 5.22 Å². The molecule has 0 fully saturated rings. The summed E-state index contributed by atoms with van der Waals surface area (Å²) in [6.07, 6.45) is 1.37. The molecule has 0 amide bonds. The van der Waals surface area contributed by atoms with Crippen molar-refractivity contribution in [3.05, 3.63) is 29.8 Å². The molecule has 0 spiro atoms. The van der Waals surface area contributed by atoms with Crippen LogP contribution >= 0.6 is 0 Å². The Kier molecular flexibility index (Phi) is 10.3. The molecule has 1 unspecified atom stereocenters. The van der Waals surface area contributed by atoms with Gasteiger partial charge in [-0.15, -0.1) is 0 Å². The van der Waals surface area contributed by atoms with Crippen molar-refractivity contribution in [1.82, 2.24) is 0 Å². The Balaban J connectivity index is 0.000000406. The number of carbonyl (C=O) groups is 2. The van der Waals surface area contributed by atoms with Crippen molar-refractivity contribution in [2.45, 2.75) is 31.4 Å². The molecule has 22 heavy (non-hydrogen) atoms. The zero-order chi connectivity index (χ0) is 17.3. The summed E-state index contributed by atoms with van der Waals surface area (Å²) in [5, 5.41) is 13.9. The molecule has 1 aromatic rings. The van der Waals surface area contributed by atoms with E-state index in [0.29, 0.717) is 0 Å². The summed E-state index contributed by atoms with van der Waals surface area (Å²) < 4.78 is 30.3. The minimum atomic E-state index is -4.84. The molecule has 0 heterocycles. The molecule has 118 valence electrons. The predicted molar refractivity (Wildman–Crippen MR) is 81.1 cm³/mol. The molecule has 7 nitrogen and oxygen atoms in total. The first-order chi connectivity index (χ1) is 10.1. The molecule has 0 aromatic heterocycles. The van der Waals surface area contributed by atoms with Crippen LogP contribution in [0.2, 0.25) is 0 Å². The predicted octanol–water partition coefficient (Wildman–Crippen LogP) is 0.235. The van der Waals surface area contributed by atoms with E-state index in [1.807, 2.05) is 0 Å². The van der Waals surface area contributed by atoms with Crippen molar-refractivity contribution in [1.29, 1.82) is 0 Å². The molecule has 0 saturated carbocycles. The van der Waals surface area contributed by atoms with Crippen LogP contribution in [0.15, 0.2) is 24.3 Å². The fraction of sp³-hybridized carbons (Fsp3) is 0.385. The Bertz CT molecular complexity index is 613. The fourth-order valence-electron chi connectivity index (χ4n) is 1.64. The standard InChI is InChI=1S/C9H11.C4H6O7S.K/c1-2-6-9-7-4-3-5-8-9;5-3(6)1-2(4(7)8)12(9,10)11;/h3-5,7H,2,6H2,1H3;2H,1H2,(H,5,6)(H,7,8)(H,9,10,11);. The van der Waals surface area contributed by atoms with E-state index in [4.69, 9.17) is 14.8 Å². The largest absolute Gasteiger partial charge is 0.481 e. The van der Waals surface area contributed by atoms with Crippen LogP contribution in [-0.2, 0) is 26.1 Å². The van der Waals surface area contributed by atoms with Gasteiger partial charge in [0.05, 0.1) is 6.42 Å². The van der Waals surface area contributed by atoms with Gasteiger partial charge in [-0.2, -0.15) is 8.42 Å². The first-order valence-corrected chi connectivity index (χ1v) is 9.61. The van der Waals surface area contributed by atoms with E-state index in [1.165, 1.54) is 12.8 Å². The van der Waals surface area contributed by atoms with Crippen LogP contribution in [0.5, 0.6) is 0 Å². The summed E-state index contributed by atoms with van der Waals surface area (Å²) in [5.74, 6) is -3.50. The smallest absolute Gasteiger partial charge is 0.325 e. The Morgan fingerprint density at radius 2 is 1.77 bits per heavy atom. The van der Waals surface area contributed by atoms with Gasteiger partial charge in [-0.1, -0.05) is 0 Å². The molecule has 1 rings (SSSR count). The van der Waals surface area contributed by atoms with Gasteiger partial charge < -0.3 is 10.2 Å². The maximum Gasteiger partial charge on any atom is 0.325 e. The number of carboxylic acid groups (broad SMARTS) is 2. The van der Waals surface area contributed by atoms with E-state index >= 15 is 0 Å². The summed E-state index contributed by atoms with van der Waals surface area (Å²) >= 11 is 0.846. The number of aliphatic carboxylic acids is 2. The van der Waals surface area contributed by atoms with E-state index in [-0.39, 0.29) is 0 Å². The maximum atomic E-state index is 10.2. The Labute approximate surface area is 163 Å². The van der Waals surface area contributed by atoms with E-state index in [0.717, 1.165) is 49.0 Å². The Morgan fingerprint density at radius 1 is 1.23 bits per heavy atom. The van der Waals surface area contributed by atoms with Gasteiger partial charge in [0.2, 0.25) is 0 Å². The van der Waals surface area contributed by atoms with Crippen LogP contribution in [0.4, 0.5) is 0 Å². The molecule has 0 aliphatic rings. The summed E-state index contributed by atoms with van der Waals surface area (Å²) in [5.41, 5.74) is 1.57. The molecule has 1 atom stereocenters. The summed E-state index contributed by atoms with van der Waals surface area (Å²) in [6, 6.07) is 8.79. The van der Waals surface area contributed by atoms with Crippen LogP contribution in [0.1, 0.15) is 25.3 Å². The van der Waals surface area contributed by atoms with Crippen molar-refractivity contribution >= 4 is 70.7 Å². The van der Waals surface area contributed by atoms with Gasteiger partial charge in [0.25, 0.3) is 10.1 Å². The first-order valence-electron chi connectivity index (χ1n) is 6.55. The summed E-state index contributed by atoms with van der Waals surface area (Å²) in [4.78, 5) is 20.0. The molecule has 3 N–H and O–H groups in total. The minimum absolute atomic E-state index is 0.846. The molecule has 0 bridgehead atoms. The summed E-state index contributed by atoms with van der Waals surface area (Å²) in [6.45, 7) is 2.24. The molecule has 0 aliphatic heterocycles. The van der Waals surface area contributed by atoms with E-state index in [9.17, 15) is 18.0 Å². The van der Waals surface area contributed by atoms with Gasteiger partial charge in [-0.25, -0.2) is 0 Å². The van der Waals surface area contributed by atoms with E-state index < -0.39 is 33.7 Å². The zero-order valence-corrected chi connectivity index (χ0v) is 16.3. The molecular weight excluding hydrogens is 339 g/mol. The fourth-order valence-corrected chi connectivity index (χ4v) is 3.20. The monoisotopic (exact) mass is 356 g/mol. The average molecular weight is 356 g/mol. The molecule has 0 saturated heterocycles. The first kappa shape index (κ1) is 21.7. The molecule has 0 aliphatic carbocycles. The van der Waals surface area contributed by atoms with Crippen molar-refractivity contribution in [3.8, 4) is 0 Å². The molecule has 0 radical (unpaired) electrons. The number of carboxylic acids is 2. The number of aryl methyl sites for hydroxylation is 1. The quantitative estimate of drug-likeness (QED) is 0.491. The van der Waals surface area contributed by atoms with Crippen molar-refractivity contribution in [2.75, 3.05) is 0 Å². The summed E-state index contributed by atoms with van der Waals surface area (Å²) in [7, 11) is -4.84. The zero-order valence-electron chi connectivity index (χ0n) is 12.4. The van der Waals surface area contributed by atoms with Gasteiger partial charge in [0.15, 0.2) is 5.25 Å². The van der Waals surface area contributed by atoms with Crippen molar-refractivity contribution < 1.29 is 32.8 Å². The molecule has 9 heteroatoms. The second-order valence-electron chi connectivity index (χ2n) is 4.62. The third-order valence-electron chi connectivity index (χ3n) is 2.78. The normalized spacial score (nSPS) is 12.0. The van der Waals surface area contributed by atoms with E-state index in [2.05, 4.69) is 31.2 Å². The molecular formula is C13H17KO7S. The van der Waals surface area contributed by atoms with Crippen LogP contribution < -0.4 is -0.342 Å². The maximum absolute atomic E-state index is 10.2. The van der Waals surface area contributed by atoms with Crippen LogP contribution in [-0.4, -0.2) is 89.3 Å².